The van der Waals surface area contributed by atoms with Crippen LogP contribution in [0.3, 0.4) is 0 Å². The zero-order valence-corrected chi connectivity index (χ0v) is 19.1. The van der Waals surface area contributed by atoms with Crippen LogP contribution < -0.4 is 5.32 Å². The average molecular weight is 492 g/mol. The van der Waals surface area contributed by atoms with E-state index in [1.54, 1.807) is 12.1 Å². The summed E-state index contributed by atoms with van der Waals surface area (Å²) in [5, 5.41) is 15.9. The van der Waals surface area contributed by atoms with E-state index in [0.29, 0.717) is 23.8 Å². The van der Waals surface area contributed by atoms with Crippen LogP contribution in [0.2, 0.25) is 0 Å². The fourth-order valence-electron chi connectivity index (χ4n) is 4.02. The summed E-state index contributed by atoms with van der Waals surface area (Å²) in [4.78, 5) is 16.9. The van der Waals surface area contributed by atoms with E-state index in [-0.39, 0.29) is 22.3 Å². The molecule has 1 heterocycles. The minimum atomic E-state index is -3.28. The number of carbonyl (C=O) groups is 1. The minimum absolute atomic E-state index is 0.0729. The molecule has 4 rings (SSSR count). The van der Waals surface area contributed by atoms with Crippen LogP contribution in [0.1, 0.15) is 47.8 Å². The molecule has 0 spiro atoms. The molecule has 1 amide bonds. The summed E-state index contributed by atoms with van der Waals surface area (Å²) in [5.74, 6) is -2.92. The molecule has 180 valence electrons. The van der Waals surface area contributed by atoms with Gasteiger partial charge in [0.15, 0.2) is 27.2 Å². The van der Waals surface area contributed by atoms with E-state index < -0.39 is 33.1 Å². The van der Waals surface area contributed by atoms with Crippen LogP contribution in [0.15, 0.2) is 45.8 Å². The lowest BCUT2D eigenvalue weighted by molar-refractivity contribution is 0.0941. The molecule has 0 radical (unpaired) electrons. The Bertz CT molecular complexity index is 1280. The van der Waals surface area contributed by atoms with Crippen molar-refractivity contribution in [1.82, 2.24) is 15.5 Å². The van der Waals surface area contributed by atoms with E-state index in [1.165, 1.54) is 12.1 Å². The van der Waals surface area contributed by atoms with Crippen LogP contribution in [-0.2, 0) is 9.84 Å². The van der Waals surface area contributed by atoms with Gasteiger partial charge in [0.1, 0.15) is 0 Å². The predicted molar refractivity (Wildman–Crippen MR) is 118 cm³/mol. The number of nitrogens with one attached hydrogen (secondary N) is 1. The molecule has 1 aliphatic rings. The molecule has 11 heteroatoms. The van der Waals surface area contributed by atoms with Gasteiger partial charge < -0.3 is 14.9 Å². The van der Waals surface area contributed by atoms with Crippen molar-refractivity contribution in [3.8, 4) is 17.1 Å². The van der Waals surface area contributed by atoms with Crippen molar-refractivity contribution in [3.05, 3.63) is 59.5 Å². The first kappa shape index (κ1) is 23.8. The first-order valence-electron chi connectivity index (χ1n) is 10.7. The molecular formula is C23H23F2N3O5S. The highest BCUT2D eigenvalue weighted by atomic mass is 32.2. The van der Waals surface area contributed by atoms with E-state index in [1.807, 2.05) is 0 Å². The largest absolute Gasteiger partial charge is 0.503 e. The summed E-state index contributed by atoms with van der Waals surface area (Å²) in [5.41, 5.74) is 0.463. The Balaban J connectivity index is 1.30. The van der Waals surface area contributed by atoms with Crippen molar-refractivity contribution in [3.63, 3.8) is 0 Å². The van der Waals surface area contributed by atoms with Gasteiger partial charge in [-0.05, 0) is 68.0 Å². The van der Waals surface area contributed by atoms with Crippen molar-refractivity contribution >= 4 is 15.7 Å². The topological polar surface area (TPSA) is 122 Å². The molecular weight excluding hydrogens is 468 g/mol. The third-order valence-corrected chi connectivity index (χ3v) is 7.14. The molecule has 1 aromatic heterocycles. The lowest BCUT2D eigenvalue weighted by Gasteiger charge is -2.26. The monoisotopic (exact) mass is 491 g/mol. The maximum Gasteiger partial charge on any atom is 0.251 e. The number of amides is 1. The molecule has 3 aromatic rings. The number of rotatable bonds is 6. The molecule has 1 fully saturated rings. The van der Waals surface area contributed by atoms with E-state index in [0.717, 1.165) is 44.1 Å². The maximum atomic E-state index is 13.5. The highest BCUT2D eigenvalue weighted by molar-refractivity contribution is 7.90. The van der Waals surface area contributed by atoms with Crippen LogP contribution in [0.5, 0.6) is 5.75 Å². The number of halogens is 2. The third kappa shape index (κ3) is 5.24. The van der Waals surface area contributed by atoms with E-state index in [2.05, 4.69) is 15.5 Å². The highest BCUT2D eigenvalue weighted by Gasteiger charge is 2.27. The molecule has 1 saturated carbocycles. The van der Waals surface area contributed by atoms with E-state index in [9.17, 15) is 22.0 Å². The summed E-state index contributed by atoms with van der Waals surface area (Å²) in [6.07, 6.45) is 4.28. The Morgan fingerprint density at radius 3 is 2.32 bits per heavy atom. The first-order chi connectivity index (χ1) is 16.1. The van der Waals surface area contributed by atoms with Gasteiger partial charge in [-0.1, -0.05) is 5.16 Å². The number of phenolic OH excluding ortho intramolecular Hbond substituents is 1. The van der Waals surface area contributed by atoms with Gasteiger partial charge >= 0.3 is 0 Å². The second-order valence-electron chi connectivity index (χ2n) is 8.47. The number of benzene rings is 2. The number of hydrogen-bond acceptors (Lipinski definition) is 7. The third-order valence-electron chi connectivity index (χ3n) is 6.01. The first-order valence-corrected chi connectivity index (χ1v) is 12.6. The van der Waals surface area contributed by atoms with Gasteiger partial charge in [-0.15, -0.1) is 0 Å². The van der Waals surface area contributed by atoms with Gasteiger partial charge in [-0.3, -0.25) is 4.79 Å². The van der Waals surface area contributed by atoms with Gasteiger partial charge in [-0.2, -0.15) is 4.98 Å². The highest BCUT2D eigenvalue weighted by Crippen LogP contribution is 2.35. The van der Waals surface area contributed by atoms with Crippen LogP contribution in [0, 0.1) is 17.6 Å². The Morgan fingerprint density at radius 2 is 1.74 bits per heavy atom. The summed E-state index contributed by atoms with van der Waals surface area (Å²) in [7, 11) is -3.28. The van der Waals surface area contributed by atoms with Crippen molar-refractivity contribution in [2.45, 2.75) is 36.5 Å². The van der Waals surface area contributed by atoms with Crippen molar-refractivity contribution < 1.29 is 31.6 Å². The maximum absolute atomic E-state index is 13.5. The number of aromatic nitrogens is 2. The van der Waals surface area contributed by atoms with Crippen molar-refractivity contribution in [2.75, 3.05) is 12.8 Å². The quantitative estimate of drug-likeness (QED) is 0.537. The second-order valence-corrected chi connectivity index (χ2v) is 10.5. The van der Waals surface area contributed by atoms with Crippen molar-refractivity contribution in [1.29, 1.82) is 0 Å². The average Bonchev–Trinajstić information content (AvgIpc) is 3.31. The minimum Gasteiger partial charge on any atom is -0.503 e. The van der Waals surface area contributed by atoms with Gasteiger partial charge in [0, 0.05) is 29.8 Å². The Hall–Kier alpha value is -3.34. The molecule has 8 nitrogen and oxygen atoms in total. The van der Waals surface area contributed by atoms with Crippen LogP contribution >= 0.6 is 0 Å². The molecule has 0 bridgehead atoms. The SMILES string of the molecule is CS(=O)(=O)c1ccc(-c2noc([C@H]3CC[C@H](CNC(=O)c4cc(F)c(O)c(F)c4)CC3)n2)cc1. The molecule has 0 aliphatic heterocycles. The number of phenols is 1. The molecule has 1 aliphatic carbocycles. The predicted octanol–water partition coefficient (Wildman–Crippen LogP) is 3.83. The van der Waals surface area contributed by atoms with Gasteiger partial charge in [-0.25, -0.2) is 17.2 Å². The summed E-state index contributed by atoms with van der Waals surface area (Å²) in [6, 6.07) is 7.87. The lowest BCUT2D eigenvalue weighted by Crippen LogP contribution is -2.31. The molecule has 0 unspecified atom stereocenters. The van der Waals surface area contributed by atoms with Gasteiger partial charge in [0.05, 0.1) is 4.90 Å². The number of carbonyl (C=O) groups excluding carboxylic acids is 1. The smallest absolute Gasteiger partial charge is 0.251 e. The van der Waals surface area contributed by atoms with Crippen molar-refractivity contribution in [2.24, 2.45) is 5.92 Å². The number of aromatic hydroxyl groups is 1. The molecule has 2 aromatic carbocycles. The fourth-order valence-corrected chi connectivity index (χ4v) is 4.65. The molecule has 34 heavy (non-hydrogen) atoms. The van der Waals surface area contributed by atoms with E-state index in [4.69, 9.17) is 9.63 Å². The second kappa shape index (κ2) is 9.49. The Morgan fingerprint density at radius 1 is 1.12 bits per heavy atom. The summed E-state index contributed by atoms with van der Waals surface area (Å²) in [6.45, 7) is 0.359. The summed E-state index contributed by atoms with van der Waals surface area (Å²) >= 11 is 0. The van der Waals surface area contributed by atoms with E-state index >= 15 is 0 Å². The zero-order chi connectivity index (χ0) is 24.5. The number of hydrogen-bond donors (Lipinski definition) is 2. The zero-order valence-electron chi connectivity index (χ0n) is 18.3. The standard InChI is InChI=1S/C23H23F2N3O5S/c1-34(31,32)17-8-6-14(7-9-17)21-27-23(33-28-21)15-4-2-13(3-5-15)12-26-22(30)16-10-18(24)20(29)19(25)11-16/h6-11,13,15,29H,2-5,12H2,1H3,(H,26,30)/t13-,15-. The van der Waals surface area contributed by atoms with Crippen LogP contribution in [0.25, 0.3) is 11.4 Å². The van der Waals surface area contributed by atoms with Crippen LogP contribution in [-0.4, -0.2) is 42.4 Å². The molecule has 0 atom stereocenters. The van der Waals surface area contributed by atoms with Crippen LogP contribution in [0.4, 0.5) is 8.78 Å². The Kier molecular flexibility index (Phi) is 6.65. The van der Waals surface area contributed by atoms with Gasteiger partial charge in [0.2, 0.25) is 11.7 Å². The Labute approximate surface area is 194 Å². The lowest BCUT2D eigenvalue weighted by atomic mass is 9.82. The van der Waals surface area contributed by atoms with Gasteiger partial charge in [0.25, 0.3) is 5.91 Å². The molecule has 0 saturated heterocycles. The number of sulfone groups is 1. The normalized spacial score (nSPS) is 18.6. The summed E-state index contributed by atoms with van der Waals surface area (Å²) < 4.78 is 55.6. The fraction of sp³-hybridized carbons (Fsp3) is 0.348. The number of nitrogens with zero attached hydrogens (tertiary/aromatic N) is 2. The molecule has 2 N–H and O–H groups in total.